The third kappa shape index (κ3) is 3.64. The third-order valence-corrected chi connectivity index (χ3v) is 3.62. The van der Waals surface area contributed by atoms with Crippen LogP contribution >= 0.6 is 0 Å². The predicted molar refractivity (Wildman–Crippen MR) is 66.2 cm³/mol. The molecule has 0 radical (unpaired) electrons. The Balaban J connectivity index is 5.26. The summed E-state index contributed by atoms with van der Waals surface area (Å²) in [5.41, 5.74) is -6.51. The van der Waals surface area contributed by atoms with Crippen molar-refractivity contribution in [3.63, 3.8) is 0 Å². The van der Waals surface area contributed by atoms with Crippen molar-refractivity contribution in [2.45, 2.75) is 63.6 Å². The van der Waals surface area contributed by atoms with Gasteiger partial charge in [-0.15, -0.1) is 0 Å². The molecule has 0 spiro atoms. The normalized spacial score (nSPS) is 24.5. The number of aliphatic hydroxyl groups excluding tert-OH is 2. The van der Waals surface area contributed by atoms with Crippen LogP contribution in [0.25, 0.3) is 0 Å². The number of ether oxygens (including phenoxy) is 1. The molecule has 0 bridgehead atoms. The Morgan fingerprint density at radius 2 is 1.58 bits per heavy atom. The molecule has 19 heavy (non-hydrogen) atoms. The first-order valence-corrected chi connectivity index (χ1v) is 5.94. The van der Waals surface area contributed by atoms with E-state index in [2.05, 4.69) is 4.74 Å². The molecule has 0 aliphatic rings. The zero-order chi connectivity index (χ0) is 15.6. The summed E-state index contributed by atoms with van der Waals surface area (Å²) >= 11 is 0. The van der Waals surface area contributed by atoms with E-state index in [1.165, 1.54) is 6.92 Å². The summed E-state index contributed by atoms with van der Waals surface area (Å²) in [7, 11) is 0. The molecule has 1 unspecified atom stereocenters. The first kappa shape index (κ1) is 18.3. The molecule has 0 aromatic heterocycles. The fraction of sp³-hybridized carbons (Fsp3) is 0.917. The van der Waals surface area contributed by atoms with Crippen molar-refractivity contribution in [2.24, 2.45) is 0 Å². The minimum atomic E-state index is -2.24. The number of rotatable bonds is 6. The molecule has 0 aliphatic carbocycles. The van der Waals surface area contributed by atoms with Crippen molar-refractivity contribution in [2.75, 3.05) is 6.61 Å². The lowest BCUT2D eigenvalue weighted by atomic mass is 9.70. The average molecular weight is 280 g/mol. The number of hydrogen-bond acceptors (Lipinski definition) is 7. The largest absolute Gasteiger partial charge is 0.463 e. The number of hydrogen-bond donors (Lipinski definition) is 5. The van der Waals surface area contributed by atoms with Crippen LogP contribution in [-0.4, -0.2) is 67.1 Å². The predicted octanol–water partition coefficient (Wildman–Crippen LogP) is -1.46. The molecule has 0 aromatic rings. The summed E-state index contributed by atoms with van der Waals surface area (Å²) in [6.07, 6.45) is -3.03. The Kier molecular flexibility index (Phi) is 5.50. The van der Waals surface area contributed by atoms with Gasteiger partial charge in [-0.05, 0) is 27.7 Å². The molecule has 0 aliphatic heterocycles. The number of aliphatic hydroxyl groups is 5. The van der Waals surface area contributed by atoms with Gasteiger partial charge in [-0.2, -0.15) is 0 Å². The summed E-state index contributed by atoms with van der Waals surface area (Å²) in [4.78, 5) is 10.7. The Hall–Kier alpha value is -0.730. The van der Waals surface area contributed by atoms with Gasteiger partial charge >= 0.3 is 5.97 Å². The summed E-state index contributed by atoms with van der Waals surface area (Å²) in [5.74, 6) is -0.660. The quantitative estimate of drug-likeness (QED) is 0.376. The van der Waals surface area contributed by atoms with E-state index >= 15 is 0 Å². The van der Waals surface area contributed by atoms with Gasteiger partial charge < -0.3 is 30.3 Å². The highest BCUT2D eigenvalue weighted by atomic mass is 16.5. The van der Waals surface area contributed by atoms with E-state index in [9.17, 15) is 30.3 Å². The minimum Gasteiger partial charge on any atom is -0.463 e. The third-order valence-electron chi connectivity index (χ3n) is 3.62. The Bertz CT molecular complexity index is 320. The first-order chi connectivity index (χ1) is 8.27. The van der Waals surface area contributed by atoms with Crippen molar-refractivity contribution >= 4 is 5.97 Å². The molecule has 0 amide bonds. The maximum Gasteiger partial charge on any atom is 0.302 e. The second-order valence-electron chi connectivity index (χ2n) is 5.46. The Morgan fingerprint density at radius 1 is 1.16 bits per heavy atom. The van der Waals surface area contributed by atoms with Crippen LogP contribution in [0.3, 0.4) is 0 Å². The van der Waals surface area contributed by atoms with E-state index in [-0.39, 0.29) is 0 Å². The molecule has 7 heteroatoms. The lowest BCUT2D eigenvalue weighted by Gasteiger charge is -2.49. The van der Waals surface area contributed by atoms with Crippen LogP contribution in [0.5, 0.6) is 0 Å². The molecule has 5 atom stereocenters. The monoisotopic (exact) mass is 280 g/mol. The highest BCUT2D eigenvalue weighted by Crippen LogP contribution is 2.36. The summed E-state index contributed by atoms with van der Waals surface area (Å²) in [6, 6.07) is 0. The van der Waals surface area contributed by atoms with Gasteiger partial charge in [-0.3, -0.25) is 4.79 Å². The van der Waals surface area contributed by atoms with Crippen molar-refractivity contribution in [3.8, 4) is 0 Å². The van der Waals surface area contributed by atoms with Crippen LogP contribution < -0.4 is 0 Å². The van der Waals surface area contributed by atoms with Crippen molar-refractivity contribution < 1.29 is 35.1 Å². The second kappa shape index (κ2) is 5.72. The molecule has 0 saturated carbocycles. The molecule has 0 rings (SSSR count). The minimum absolute atomic E-state index is 0.571. The summed E-state index contributed by atoms with van der Waals surface area (Å²) < 4.78 is 4.62. The topological polar surface area (TPSA) is 127 Å². The van der Waals surface area contributed by atoms with E-state index in [4.69, 9.17) is 0 Å². The number of esters is 1. The maximum absolute atomic E-state index is 10.7. The van der Waals surface area contributed by atoms with Crippen molar-refractivity contribution in [1.29, 1.82) is 0 Å². The van der Waals surface area contributed by atoms with Crippen LogP contribution in [0.4, 0.5) is 0 Å². The molecule has 7 nitrogen and oxygen atoms in total. The molecule has 5 N–H and O–H groups in total. The Labute approximate surface area is 112 Å². The number of carbonyl (C=O) groups excluding carboxylic acids is 1. The van der Waals surface area contributed by atoms with Crippen molar-refractivity contribution in [3.05, 3.63) is 0 Å². The average Bonchev–Trinajstić information content (AvgIpc) is 2.24. The molecule has 0 heterocycles. The van der Waals surface area contributed by atoms with Gasteiger partial charge in [-0.1, -0.05) is 0 Å². The van der Waals surface area contributed by atoms with E-state index in [0.29, 0.717) is 0 Å². The van der Waals surface area contributed by atoms with E-state index in [1.54, 1.807) is 0 Å². The zero-order valence-corrected chi connectivity index (χ0v) is 11.9. The van der Waals surface area contributed by atoms with E-state index in [0.717, 1.165) is 27.7 Å². The SMILES string of the molecule is CC(=O)OC[C@](C)(O)[C@@](C)(O)[C@](C)(O)[C@H](O)C(C)O. The first-order valence-electron chi connectivity index (χ1n) is 5.94. The maximum atomic E-state index is 10.7. The molecular weight excluding hydrogens is 256 g/mol. The standard InChI is InChI=1S/C12H24O7/c1-7(13)9(15)11(4,17)12(5,18)10(3,16)6-19-8(2)14/h7,9,13,15-18H,6H2,1-5H3/t7?,9-,10+,11-,12-/m1/s1. The van der Waals surface area contributed by atoms with Gasteiger partial charge in [0.2, 0.25) is 0 Å². The van der Waals surface area contributed by atoms with E-state index in [1.807, 2.05) is 0 Å². The smallest absolute Gasteiger partial charge is 0.302 e. The lowest BCUT2D eigenvalue weighted by Crippen LogP contribution is -2.70. The second-order valence-corrected chi connectivity index (χ2v) is 5.46. The molecular formula is C12H24O7. The van der Waals surface area contributed by atoms with Crippen LogP contribution in [0.15, 0.2) is 0 Å². The fourth-order valence-corrected chi connectivity index (χ4v) is 1.69. The lowest BCUT2D eigenvalue weighted by molar-refractivity contribution is -0.272. The molecule has 0 aromatic carbocycles. The van der Waals surface area contributed by atoms with Gasteiger partial charge in [0, 0.05) is 6.92 Å². The van der Waals surface area contributed by atoms with Gasteiger partial charge in [-0.25, -0.2) is 0 Å². The number of carbonyl (C=O) groups is 1. The van der Waals surface area contributed by atoms with Gasteiger partial charge in [0.15, 0.2) is 0 Å². The van der Waals surface area contributed by atoms with E-state index < -0.39 is 41.6 Å². The zero-order valence-electron chi connectivity index (χ0n) is 11.9. The highest BCUT2D eigenvalue weighted by Gasteiger charge is 2.58. The van der Waals surface area contributed by atoms with Gasteiger partial charge in [0.25, 0.3) is 0 Å². The fourth-order valence-electron chi connectivity index (χ4n) is 1.69. The molecule has 0 saturated heterocycles. The van der Waals surface area contributed by atoms with Crippen LogP contribution in [0.1, 0.15) is 34.6 Å². The van der Waals surface area contributed by atoms with Gasteiger partial charge in [0.05, 0.1) is 6.10 Å². The van der Waals surface area contributed by atoms with Gasteiger partial charge in [0.1, 0.15) is 29.5 Å². The summed E-state index contributed by atoms with van der Waals surface area (Å²) in [5, 5.41) is 49.8. The Morgan fingerprint density at radius 3 is 1.89 bits per heavy atom. The van der Waals surface area contributed by atoms with Crippen LogP contribution in [0, 0.1) is 0 Å². The molecule has 114 valence electrons. The van der Waals surface area contributed by atoms with Crippen LogP contribution in [0.2, 0.25) is 0 Å². The summed E-state index contributed by atoms with van der Waals surface area (Å²) in [6.45, 7) is 5.11. The molecule has 0 fully saturated rings. The highest BCUT2D eigenvalue weighted by molar-refractivity contribution is 5.66. The van der Waals surface area contributed by atoms with Crippen molar-refractivity contribution in [1.82, 2.24) is 0 Å². The van der Waals surface area contributed by atoms with Crippen LogP contribution in [-0.2, 0) is 9.53 Å².